The Labute approximate surface area is 390 Å². The number of amides is 9. The second kappa shape index (κ2) is 25.6. The summed E-state index contributed by atoms with van der Waals surface area (Å²) in [6.07, 6.45) is 1.22. The van der Waals surface area contributed by atoms with E-state index in [1.54, 1.807) is 13.8 Å². The molecule has 22 nitrogen and oxygen atoms in total. The fraction of sp³-hybridized carbons (Fsp3) is 0.644. The first-order chi connectivity index (χ1) is 31.4. The van der Waals surface area contributed by atoms with Crippen LogP contribution in [0, 0.1) is 17.8 Å². The van der Waals surface area contributed by atoms with E-state index in [2.05, 4.69) is 31.9 Å². The average Bonchev–Trinajstić information content (AvgIpc) is 3.97. The Balaban J connectivity index is 1.69. The lowest BCUT2D eigenvalue weighted by Crippen LogP contribution is -2.59. The first-order valence-electron chi connectivity index (χ1n) is 22.9. The molecule has 0 spiro atoms. The summed E-state index contributed by atoms with van der Waals surface area (Å²) in [5.41, 5.74) is 12.1. The van der Waals surface area contributed by atoms with Crippen molar-refractivity contribution in [2.24, 2.45) is 29.2 Å². The van der Waals surface area contributed by atoms with Crippen LogP contribution in [0.5, 0.6) is 5.75 Å². The van der Waals surface area contributed by atoms with Crippen LogP contribution in [0.3, 0.4) is 0 Å². The summed E-state index contributed by atoms with van der Waals surface area (Å²) in [5, 5.41) is 34.8. The Morgan fingerprint density at radius 2 is 1.27 bits per heavy atom. The first kappa shape index (κ1) is 55.0. The SMILES string of the molecule is CC[C@H](C)[C@H](N)C(=O)N[C@@H](CC(C)C)C(=O)NCC(=O)N[C@@H](C)C(=O)N1CCC[C@H]1C(=O)N[C@@H](CC(N)=O)C(=O)N1CCC[C@H]1C(=O)N[C@@H](Cc1ccc(O)cc1)C(=O)N[C@H](C(=O)O)C(C)C. The van der Waals surface area contributed by atoms with E-state index in [1.165, 1.54) is 41.0 Å². The molecule has 12 N–H and O–H groups in total. The van der Waals surface area contributed by atoms with Crippen molar-refractivity contribution in [2.45, 2.75) is 148 Å². The number of primary amides is 1. The minimum atomic E-state index is -1.55. The van der Waals surface area contributed by atoms with Gasteiger partial charge in [0.05, 0.1) is 19.0 Å². The van der Waals surface area contributed by atoms with Crippen LogP contribution in [0.15, 0.2) is 24.3 Å². The zero-order chi connectivity index (χ0) is 50.3. The highest BCUT2D eigenvalue weighted by Crippen LogP contribution is 2.23. The number of hydrogen-bond acceptors (Lipinski definition) is 12. The minimum Gasteiger partial charge on any atom is -0.508 e. The predicted octanol–water partition coefficient (Wildman–Crippen LogP) is -1.49. The molecule has 0 radical (unpaired) electrons. The predicted molar refractivity (Wildman–Crippen MR) is 243 cm³/mol. The van der Waals surface area contributed by atoms with Gasteiger partial charge in [0.25, 0.3) is 0 Å². The van der Waals surface area contributed by atoms with Crippen LogP contribution >= 0.6 is 0 Å². The number of aromatic hydroxyl groups is 1. The third kappa shape index (κ3) is 16.2. The molecule has 2 aliphatic rings. The molecule has 67 heavy (non-hydrogen) atoms. The van der Waals surface area contributed by atoms with Gasteiger partial charge in [-0.3, -0.25) is 43.2 Å². The van der Waals surface area contributed by atoms with E-state index in [-0.39, 0.29) is 56.4 Å². The molecular weight excluding hydrogens is 873 g/mol. The topological polar surface area (TPSA) is 342 Å². The molecule has 9 amide bonds. The Hall–Kier alpha value is -6.32. The van der Waals surface area contributed by atoms with Gasteiger partial charge in [0.2, 0.25) is 53.2 Å². The van der Waals surface area contributed by atoms with Crippen molar-refractivity contribution in [3.05, 3.63) is 29.8 Å². The molecule has 0 saturated carbocycles. The van der Waals surface area contributed by atoms with Gasteiger partial charge in [-0.2, -0.15) is 0 Å². The second-order valence-electron chi connectivity index (χ2n) is 18.2. The van der Waals surface area contributed by atoms with Crippen molar-refractivity contribution >= 4 is 59.1 Å². The van der Waals surface area contributed by atoms with Crippen LogP contribution in [0.1, 0.15) is 99.0 Å². The fourth-order valence-corrected chi connectivity index (χ4v) is 7.96. The number of likely N-dealkylation sites (tertiary alicyclic amines) is 2. The first-order valence-corrected chi connectivity index (χ1v) is 22.9. The molecule has 2 fully saturated rings. The highest BCUT2D eigenvalue weighted by atomic mass is 16.4. The molecule has 2 saturated heterocycles. The molecule has 0 bridgehead atoms. The number of carboxylic acid groups (broad SMARTS) is 1. The Morgan fingerprint density at radius 1 is 0.716 bits per heavy atom. The number of phenolic OH excluding ortho intramolecular Hbond substituents is 1. The number of carbonyl (C=O) groups is 10. The number of nitrogens with one attached hydrogen (secondary N) is 6. The van der Waals surface area contributed by atoms with Gasteiger partial charge >= 0.3 is 5.97 Å². The van der Waals surface area contributed by atoms with Gasteiger partial charge < -0.3 is 63.4 Å². The van der Waals surface area contributed by atoms with E-state index >= 15 is 0 Å². The summed E-state index contributed by atoms with van der Waals surface area (Å²) in [4.78, 5) is 134. The van der Waals surface area contributed by atoms with Crippen molar-refractivity contribution in [1.29, 1.82) is 0 Å². The largest absolute Gasteiger partial charge is 0.508 e. The quantitative estimate of drug-likeness (QED) is 0.0566. The number of benzene rings is 1. The van der Waals surface area contributed by atoms with Crippen molar-refractivity contribution < 1.29 is 58.2 Å². The molecule has 372 valence electrons. The Bertz CT molecular complexity index is 1960. The summed E-state index contributed by atoms with van der Waals surface area (Å²) in [7, 11) is 0. The molecule has 0 unspecified atom stereocenters. The van der Waals surface area contributed by atoms with Crippen LogP contribution in [0.2, 0.25) is 0 Å². The standard InChI is InChI=1S/C45H70N10O12/c1-8-25(6)36(47)42(63)51-29(19-23(2)3)38(59)48-22-35(58)49-26(7)43(64)54-17-9-11-32(54)41(62)52-31(21-34(46)57)44(65)55-18-10-12-33(55)40(61)50-30(20-27-13-15-28(56)16-14-27)39(60)53-37(24(4)5)45(66)67/h13-16,23-26,29-33,36-37,56H,8-12,17-22,47H2,1-7H3,(H2,46,57)(H,48,59)(H,49,58)(H,50,61)(H,51,63)(H,52,62)(H,53,60)(H,66,67)/t25-,26-,29-,30-,31-,32-,33-,36-,37-/m0/s1. The molecule has 2 heterocycles. The van der Waals surface area contributed by atoms with Crippen LogP contribution in [0.25, 0.3) is 0 Å². The third-order valence-corrected chi connectivity index (χ3v) is 12.0. The van der Waals surface area contributed by atoms with Crippen LogP contribution < -0.4 is 43.4 Å². The molecular formula is C45H70N10O12. The van der Waals surface area contributed by atoms with E-state index < -0.39 is 126 Å². The molecule has 0 aliphatic carbocycles. The molecule has 22 heteroatoms. The Morgan fingerprint density at radius 3 is 1.78 bits per heavy atom. The average molecular weight is 943 g/mol. The molecule has 1 aromatic rings. The molecule has 2 aliphatic heterocycles. The number of nitrogens with two attached hydrogens (primary N) is 2. The highest BCUT2D eigenvalue weighted by molar-refractivity contribution is 5.99. The fourth-order valence-electron chi connectivity index (χ4n) is 7.96. The van der Waals surface area contributed by atoms with Gasteiger partial charge in [0.15, 0.2) is 0 Å². The lowest BCUT2D eigenvalue weighted by atomic mass is 9.97. The summed E-state index contributed by atoms with van der Waals surface area (Å²) in [5.74, 6) is -8.51. The number of carbonyl (C=O) groups excluding carboxylic acids is 9. The minimum absolute atomic E-state index is 0.0104. The van der Waals surface area contributed by atoms with E-state index in [0.29, 0.717) is 24.8 Å². The molecule has 3 rings (SSSR count). The summed E-state index contributed by atoms with van der Waals surface area (Å²) >= 11 is 0. The number of hydrogen-bond donors (Lipinski definition) is 10. The van der Waals surface area contributed by atoms with Gasteiger partial charge in [0, 0.05) is 19.5 Å². The van der Waals surface area contributed by atoms with E-state index in [1.807, 2.05) is 27.7 Å². The van der Waals surface area contributed by atoms with E-state index in [9.17, 15) is 58.2 Å². The monoisotopic (exact) mass is 943 g/mol. The number of rotatable bonds is 24. The van der Waals surface area contributed by atoms with Crippen LogP contribution in [-0.2, 0) is 54.4 Å². The van der Waals surface area contributed by atoms with Gasteiger partial charge in [-0.1, -0.05) is 60.1 Å². The van der Waals surface area contributed by atoms with Crippen molar-refractivity contribution in [2.75, 3.05) is 19.6 Å². The number of carboxylic acids is 1. The van der Waals surface area contributed by atoms with Gasteiger partial charge in [-0.15, -0.1) is 0 Å². The van der Waals surface area contributed by atoms with E-state index in [4.69, 9.17) is 11.5 Å². The lowest BCUT2D eigenvalue weighted by molar-refractivity contribution is -0.145. The van der Waals surface area contributed by atoms with Crippen molar-refractivity contribution in [3.63, 3.8) is 0 Å². The van der Waals surface area contributed by atoms with Gasteiger partial charge in [-0.25, -0.2) is 4.79 Å². The normalized spacial score (nSPS) is 19.0. The summed E-state index contributed by atoms with van der Waals surface area (Å²) < 4.78 is 0. The number of aliphatic carboxylic acids is 1. The summed E-state index contributed by atoms with van der Waals surface area (Å²) in [6, 6.07) is -3.55. The van der Waals surface area contributed by atoms with Gasteiger partial charge in [-0.05, 0) is 74.5 Å². The third-order valence-electron chi connectivity index (χ3n) is 12.0. The van der Waals surface area contributed by atoms with Crippen molar-refractivity contribution in [1.82, 2.24) is 41.7 Å². The zero-order valence-corrected chi connectivity index (χ0v) is 39.5. The molecule has 1 aromatic carbocycles. The maximum Gasteiger partial charge on any atom is 0.326 e. The van der Waals surface area contributed by atoms with E-state index in [0.717, 1.165) is 0 Å². The Kier molecular flexibility index (Phi) is 21.0. The van der Waals surface area contributed by atoms with Crippen molar-refractivity contribution in [3.8, 4) is 5.75 Å². The number of nitrogens with zero attached hydrogens (tertiary/aromatic N) is 2. The van der Waals surface area contributed by atoms with Crippen LogP contribution in [0.4, 0.5) is 0 Å². The smallest absolute Gasteiger partial charge is 0.326 e. The van der Waals surface area contributed by atoms with Gasteiger partial charge in [0.1, 0.15) is 48.0 Å². The maximum atomic E-state index is 14.1. The lowest BCUT2D eigenvalue weighted by Gasteiger charge is -2.31. The summed E-state index contributed by atoms with van der Waals surface area (Å²) in [6.45, 7) is 11.7. The maximum absolute atomic E-state index is 14.1. The second-order valence-corrected chi connectivity index (χ2v) is 18.2. The highest BCUT2D eigenvalue weighted by Gasteiger charge is 2.42. The molecule has 0 aromatic heterocycles. The number of phenols is 1. The van der Waals surface area contributed by atoms with Crippen LogP contribution in [-0.4, -0.2) is 147 Å². The molecule has 9 atom stereocenters. The zero-order valence-electron chi connectivity index (χ0n) is 39.5.